The van der Waals surface area contributed by atoms with Crippen molar-refractivity contribution in [2.75, 3.05) is 38.6 Å². The predicted molar refractivity (Wildman–Crippen MR) is 139 cm³/mol. The van der Waals surface area contributed by atoms with E-state index in [2.05, 4.69) is 27.6 Å². The zero-order valence-corrected chi connectivity index (χ0v) is 21.5. The molecule has 0 bridgehead atoms. The molecule has 192 valence electrons. The predicted octanol–water partition coefficient (Wildman–Crippen LogP) is 3.33. The quantitative estimate of drug-likeness (QED) is 0.393. The van der Waals surface area contributed by atoms with Gasteiger partial charge in [0.1, 0.15) is 30.0 Å². The number of hydrogen-bond donors (Lipinski definition) is 3. The fraction of sp³-hybridized carbons (Fsp3) is 0.519. The maximum absolute atomic E-state index is 10.0. The average molecular weight is 493 g/mol. The Hall–Kier alpha value is -3.01. The third kappa shape index (κ3) is 5.38. The molecule has 2 aliphatic rings. The summed E-state index contributed by atoms with van der Waals surface area (Å²) in [6, 6.07) is 8.82. The Morgan fingerprint density at radius 1 is 1.19 bits per heavy atom. The van der Waals surface area contributed by atoms with Crippen LogP contribution in [0.15, 0.2) is 28.8 Å². The van der Waals surface area contributed by atoms with Crippen molar-refractivity contribution in [1.82, 2.24) is 25.3 Å². The second kappa shape index (κ2) is 10.5. The highest BCUT2D eigenvalue weighted by molar-refractivity contribution is 5.74. The molecule has 1 saturated carbocycles. The third-order valence-corrected chi connectivity index (χ3v) is 7.01. The van der Waals surface area contributed by atoms with Crippen LogP contribution in [0.4, 0.5) is 5.82 Å². The number of aliphatic hydroxyl groups is 1. The molecule has 3 aromatic rings. The standard InChI is InChI=1S/C27H36N6O3/c1-16-25(24-17(2)32-36-18(24)3)30-27(19-6-5-7-23(12-19)35-15-22(34)13-28-4)31-26(16)29-20-10-11-33(14-20)21-8-9-21/h5-7,12,20-22,28,34H,8-11,13-15H2,1-4H3,(H,29,30,31). The highest BCUT2D eigenvalue weighted by Gasteiger charge is 2.34. The Bertz CT molecular complexity index is 1190. The maximum atomic E-state index is 10.0. The molecule has 1 saturated heterocycles. The summed E-state index contributed by atoms with van der Waals surface area (Å²) >= 11 is 0. The number of aryl methyl sites for hydroxylation is 2. The fourth-order valence-electron chi connectivity index (χ4n) is 4.93. The lowest BCUT2D eigenvalue weighted by molar-refractivity contribution is 0.108. The number of nitrogens with one attached hydrogen (secondary N) is 2. The summed E-state index contributed by atoms with van der Waals surface area (Å²) in [5.41, 5.74) is 4.38. The molecule has 3 N–H and O–H groups in total. The summed E-state index contributed by atoms with van der Waals surface area (Å²) in [6.07, 6.45) is 3.17. The first-order chi connectivity index (χ1) is 17.4. The smallest absolute Gasteiger partial charge is 0.162 e. The van der Waals surface area contributed by atoms with Gasteiger partial charge in [-0.05, 0) is 59.2 Å². The zero-order valence-electron chi connectivity index (χ0n) is 21.5. The van der Waals surface area contributed by atoms with Gasteiger partial charge in [0, 0.05) is 42.8 Å². The molecule has 0 spiro atoms. The van der Waals surface area contributed by atoms with E-state index in [1.165, 1.54) is 12.8 Å². The first kappa shape index (κ1) is 24.7. The monoisotopic (exact) mass is 492 g/mol. The van der Waals surface area contributed by atoms with Gasteiger partial charge in [0.25, 0.3) is 0 Å². The molecule has 1 aliphatic heterocycles. The van der Waals surface area contributed by atoms with Crippen LogP contribution < -0.4 is 15.4 Å². The summed E-state index contributed by atoms with van der Waals surface area (Å²) < 4.78 is 11.3. The Morgan fingerprint density at radius 3 is 2.75 bits per heavy atom. The summed E-state index contributed by atoms with van der Waals surface area (Å²) in [7, 11) is 1.80. The number of rotatable bonds is 10. The number of aromatic nitrogens is 3. The minimum absolute atomic E-state index is 0.204. The Kier molecular flexibility index (Phi) is 7.22. The van der Waals surface area contributed by atoms with E-state index < -0.39 is 6.10 Å². The van der Waals surface area contributed by atoms with Crippen LogP contribution >= 0.6 is 0 Å². The van der Waals surface area contributed by atoms with E-state index in [0.29, 0.717) is 24.2 Å². The van der Waals surface area contributed by atoms with Crippen molar-refractivity contribution in [3.05, 3.63) is 41.3 Å². The first-order valence-electron chi connectivity index (χ1n) is 12.8. The van der Waals surface area contributed by atoms with Crippen molar-refractivity contribution in [3.63, 3.8) is 0 Å². The van der Waals surface area contributed by atoms with Crippen molar-refractivity contribution in [2.24, 2.45) is 0 Å². The van der Waals surface area contributed by atoms with E-state index in [4.69, 9.17) is 19.2 Å². The molecule has 3 heterocycles. The topological polar surface area (TPSA) is 109 Å². The number of anilines is 1. The fourth-order valence-corrected chi connectivity index (χ4v) is 4.93. The van der Waals surface area contributed by atoms with Crippen LogP contribution in [-0.2, 0) is 0 Å². The van der Waals surface area contributed by atoms with Crippen LogP contribution in [0.25, 0.3) is 22.6 Å². The minimum Gasteiger partial charge on any atom is -0.491 e. The van der Waals surface area contributed by atoms with Crippen molar-refractivity contribution in [3.8, 4) is 28.4 Å². The Labute approximate surface area is 212 Å². The van der Waals surface area contributed by atoms with Crippen molar-refractivity contribution in [2.45, 2.75) is 58.2 Å². The number of aliphatic hydroxyl groups excluding tert-OH is 1. The second-order valence-electron chi connectivity index (χ2n) is 9.97. The largest absolute Gasteiger partial charge is 0.491 e. The van der Waals surface area contributed by atoms with Crippen LogP contribution in [-0.4, -0.2) is 76.6 Å². The molecule has 2 fully saturated rings. The number of ether oxygens (including phenoxy) is 1. The first-order valence-corrected chi connectivity index (χ1v) is 12.8. The molecule has 2 unspecified atom stereocenters. The molecule has 2 aromatic heterocycles. The number of benzene rings is 1. The average Bonchev–Trinajstić information content (AvgIpc) is 3.53. The maximum Gasteiger partial charge on any atom is 0.162 e. The Balaban J connectivity index is 1.47. The molecule has 0 amide bonds. The van der Waals surface area contributed by atoms with Gasteiger partial charge in [0.2, 0.25) is 0 Å². The van der Waals surface area contributed by atoms with Gasteiger partial charge >= 0.3 is 0 Å². The molecule has 0 radical (unpaired) electrons. The van der Waals surface area contributed by atoms with Crippen LogP contribution in [0, 0.1) is 20.8 Å². The number of nitrogens with zero attached hydrogens (tertiary/aromatic N) is 4. The molecular weight excluding hydrogens is 456 g/mol. The van der Waals surface area contributed by atoms with Gasteiger partial charge in [0.05, 0.1) is 17.0 Å². The summed E-state index contributed by atoms with van der Waals surface area (Å²) in [5.74, 6) is 2.85. The summed E-state index contributed by atoms with van der Waals surface area (Å²) in [4.78, 5) is 12.6. The number of hydrogen-bond acceptors (Lipinski definition) is 9. The SMILES string of the molecule is CNCC(O)COc1cccc(-c2nc(NC3CCN(C4CC4)C3)c(C)c(-c3c(C)noc3C)n2)c1. The van der Waals surface area contributed by atoms with E-state index in [-0.39, 0.29) is 6.61 Å². The van der Waals surface area contributed by atoms with E-state index in [9.17, 15) is 5.11 Å². The molecule has 5 rings (SSSR count). The van der Waals surface area contributed by atoms with Crippen molar-refractivity contribution >= 4 is 5.82 Å². The molecule has 36 heavy (non-hydrogen) atoms. The van der Waals surface area contributed by atoms with Gasteiger partial charge in [-0.3, -0.25) is 4.90 Å². The lowest BCUT2D eigenvalue weighted by atomic mass is 10.0. The lowest BCUT2D eigenvalue weighted by Crippen LogP contribution is -2.29. The van der Waals surface area contributed by atoms with Gasteiger partial charge in [-0.15, -0.1) is 0 Å². The van der Waals surface area contributed by atoms with E-state index in [1.807, 2.05) is 38.1 Å². The molecule has 1 aliphatic carbocycles. The van der Waals surface area contributed by atoms with Gasteiger partial charge in [-0.1, -0.05) is 17.3 Å². The van der Waals surface area contributed by atoms with Crippen LogP contribution in [0.3, 0.4) is 0 Å². The molecule has 9 nitrogen and oxygen atoms in total. The summed E-state index contributed by atoms with van der Waals surface area (Å²) in [5, 5.41) is 20.9. The second-order valence-corrected chi connectivity index (χ2v) is 9.97. The Morgan fingerprint density at radius 2 is 2.03 bits per heavy atom. The van der Waals surface area contributed by atoms with Gasteiger partial charge < -0.3 is 25.0 Å². The molecule has 9 heteroatoms. The number of likely N-dealkylation sites (tertiary alicyclic amines) is 1. The highest BCUT2D eigenvalue weighted by Crippen LogP contribution is 2.35. The number of likely N-dealkylation sites (N-methyl/N-ethyl adjacent to an activating group) is 1. The van der Waals surface area contributed by atoms with Crippen molar-refractivity contribution < 1.29 is 14.4 Å². The van der Waals surface area contributed by atoms with Gasteiger partial charge in [-0.2, -0.15) is 0 Å². The highest BCUT2D eigenvalue weighted by atomic mass is 16.5. The van der Waals surface area contributed by atoms with E-state index in [0.717, 1.165) is 65.2 Å². The molecule has 2 atom stereocenters. The molecule has 1 aromatic carbocycles. The lowest BCUT2D eigenvalue weighted by Gasteiger charge is -2.19. The van der Waals surface area contributed by atoms with E-state index >= 15 is 0 Å². The molecular formula is C27H36N6O3. The van der Waals surface area contributed by atoms with Crippen LogP contribution in [0.2, 0.25) is 0 Å². The van der Waals surface area contributed by atoms with Crippen LogP contribution in [0.5, 0.6) is 5.75 Å². The summed E-state index contributed by atoms with van der Waals surface area (Å²) in [6.45, 7) is 8.76. The normalized spacial score (nSPS) is 19.0. The third-order valence-electron chi connectivity index (χ3n) is 7.01. The van der Waals surface area contributed by atoms with Gasteiger partial charge in [0.15, 0.2) is 5.82 Å². The van der Waals surface area contributed by atoms with E-state index in [1.54, 1.807) is 7.05 Å². The van der Waals surface area contributed by atoms with Crippen molar-refractivity contribution in [1.29, 1.82) is 0 Å². The van der Waals surface area contributed by atoms with Crippen LogP contribution in [0.1, 0.15) is 36.3 Å². The minimum atomic E-state index is -0.585. The van der Waals surface area contributed by atoms with Gasteiger partial charge in [-0.25, -0.2) is 9.97 Å². The zero-order chi connectivity index (χ0) is 25.2.